The Labute approximate surface area is 175 Å². The molecule has 0 aliphatic carbocycles. The highest BCUT2D eigenvalue weighted by Crippen LogP contribution is 2.27. The third-order valence-corrected chi connectivity index (χ3v) is 6.19. The number of benzene rings is 2. The van der Waals surface area contributed by atoms with Crippen molar-refractivity contribution in [1.29, 1.82) is 0 Å². The monoisotopic (exact) mass is 420 g/mol. The van der Waals surface area contributed by atoms with Crippen molar-refractivity contribution in [3.8, 4) is 5.75 Å². The van der Waals surface area contributed by atoms with Crippen molar-refractivity contribution in [3.05, 3.63) is 59.1 Å². The van der Waals surface area contributed by atoms with E-state index in [2.05, 4.69) is 22.3 Å². The second kappa shape index (κ2) is 10.7. The number of rotatable bonds is 8. The fraction of sp³-hybridized carbons (Fsp3) is 0.381. The lowest BCUT2D eigenvalue weighted by molar-refractivity contribution is -0.118. The predicted octanol–water partition coefficient (Wildman–Crippen LogP) is 3.63. The third kappa shape index (κ3) is 5.88. The van der Waals surface area contributed by atoms with E-state index in [-0.39, 0.29) is 11.9 Å². The van der Waals surface area contributed by atoms with Gasteiger partial charge in [0.1, 0.15) is 5.75 Å². The summed E-state index contributed by atoms with van der Waals surface area (Å²) in [4.78, 5) is 15.7. The van der Waals surface area contributed by atoms with Crippen molar-refractivity contribution < 1.29 is 14.3 Å². The van der Waals surface area contributed by atoms with Crippen LogP contribution in [0.4, 0.5) is 0 Å². The van der Waals surface area contributed by atoms with Crippen molar-refractivity contribution in [2.24, 2.45) is 0 Å². The number of hydrogen-bond acceptors (Lipinski definition) is 5. The molecule has 1 fully saturated rings. The zero-order chi connectivity index (χ0) is 19.8. The molecule has 1 heterocycles. The minimum Gasteiger partial charge on any atom is -0.497 e. The molecular formula is C21H25ClN2O3S. The van der Waals surface area contributed by atoms with Crippen LogP contribution in [-0.4, -0.2) is 56.5 Å². The maximum absolute atomic E-state index is 12.4. The maximum Gasteiger partial charge on any atom is 0.230 e. The predicted molar refractivity (Wildman–Crippen MR) is 113 cm³/mol. The number of ether oxygens (including phenoxy) is 2. The van der Waals surface area contributed by atoms with Gasteiger partial charge in [-0.2, -0.15) is 0 Å². The van der Waals surface area contributed by atoms with E-state index in [0.29, 0.717) is 30.5 Å². The lowest BCUT2D eigenvalue weighted by Crippen LogP contribution is -2.44. The molecule has 0 aromatic heterocycles. The van der Waals surface area contributed by atoms with Gasteiger partial charge in [0.05, 0.1) is 37.1 Å². The van der Waals surface area contributed by atoms with Crippen LogP contribution >= 0.6 is 23.4 Å². The van der Waals surface area contributed by atoms with Gasteiger partial charge in [0.2, 0.25) is 5.91 Å². The number of thioether (sulfide) groups is 1. The molecule has 1 unspecified atom stereocenters. The van der Waals surface area contributed by atoms with Crippen LogP contribution in [0.1, 0.15) is 11.6 Å². The van der Waals surface area contributed by atoms with Gasteiger partial charge < -0.3 is 14.8 Å². The quantitative estimate of drug-likeness (QED) is 0.661. The SMILES string of the molecule is COc1ccc(C(CNC(=O)CSc2ccccc2Cl)N2CCOCC2)cc1. The largest absolute Gasteiger partial charge is 0.497 e. The van der Waals surface area contributed by atoms with Gasteiger partial charge in [-0.05, 0) is 29.8 Å². The zero-order valence-corrected chi connectivity index (χ0v) is 17.5. The highest BCUT2D eigenvalue weighted by Gasteiger charge is 2.23. The Morgan fingerprint density at radius 1 is 1.21 bits per heavy atom. The van der Waals surface area contributed by atoms with E-state index < -0.39 is 0 Å². The van der Waals surface area contributed by atoms with Gasteiger partial charge in [-0.3, -0.25) is 9.69 Å². The van der Waals surface area contributed by atoms with Crippen LogP contribution < -0.4 is 10.1 Å². The van der Waals surface area contributed by atoms with Gasteiger partial charge in [0.15, 0.2) is 0 Å². The molecule has 2 aromatic carbocycles. The number of morpholine rings is 1. The number of carbonyl (C=O) groups is 1. The molecule has 1 amide bonds. The summed E-state index contributed by atoms with van der Waals surface area (Å²) in [5.41, 5.74) is 1.15. The summed E-state index contributed by atoms with van der Waals surface area (Å²) in [6, 6.07) is 15.7. The van der Waals surface area contributed by atoms with Crippen LogP contribution in [0, 0.1) is 0 Å². The lowest BCUT2D eigenvalue weighted by Gasteiger charge is -2.35. The molecule has 5 nitrogen and oxygen atoms in total. The molecule has 0 bridgehead atoms. The van der Waals surface area contributed by atoms with Crippen LogP contribution in [0.5, 0.6) is 5.75 Å². The van der Waals surface area contributed by atoms with E-state index in [0.717, 1.165) is 29.3 Å². The number of hydrogen-bond donors (Lipinski definition) is 1. The van der Waals surface area contributed by atoms with Gasteiger partial charge >= 0.3 is 0 Å². The summed E-state index contributed by atoms with van der Waals surface area (Å²) >= 11 is 7.61. The Kier molecular flexibility index (Phi) is 8.03. The summed E-state index contributed by atoms with van der Waals surface area (Å²) in [6.07, 6.45) is 0. The van der Waals surface area contributed by atoms with Gasteiger partial charge in [0, 0.05) is 24.5 Å². The number of nitrogens with zero attached hydrogens (tertiary/aromatic N) is 1. The van der Waals surface area contributed by atoms with E-state index in [1.54, 1.807) is 7.11 Å². The molecule has 0 spiro atoms. The minimum absolute atomic E-state index is 0.00306. The summed E-state index contributed by atoms with van der Waals surface area (Å²) in [5.74, 6) is 1.16. The van der Waals surface area contributed by atoms with Crippen molar-refractivity contribution in [2.45, 2.75) is 10.9 Å². The molecule has 1 atom stereocenters. The van der Waals surface area contributed by atoms with Gasteiger partial charge in [0.25, 0.3) is 0 Å². The minimum atomic E-state index is -0.00306. The Morgan fingerprint density at radius 2 is 1.93 bits per heavy atom. The average molecular weight is 421 g/mol. The number of halogens is 1. The third-order valence-electron chi connectivity index (χ3n) is 4.68. The molecule has 0 radical (unpaired) electrons. The van der Waals surface area contributed by atoms with Crippen molar-refractivity contribution in [3.63, 3.8) is 0 Å². The van der Waals surface area contributed by atoms with Crippen LogP contribution in [0.3, 0.4) is 0 Å². The highest BCUT2D eigenvalue weighted by atomic mass is 35.5. The number of carbonyl (C=O) groups excluding carboxylic acids is 1. The molecule has 28 heavy (non-hydrogen) atoms. The van der Waals surface area contributed by atoms with E-state index in [4.69, 9.17) is 21.1 Å². The molecule has 1 aliphatic rings. The van der Waals surface area contributed by atoms with Crippen LogP contribution in [-0.2, 0) is 9.53 Å². The molecule has 1 N–H and O–H groups in total. The smallest absolute Gasteiger partial charge is 0.230 e. The molecule has 7 heteroatoms. The molecule has 1 aliphatic heterocycles. The number of methoxy groups -OCH3 is 1. The van der Waals surface area contributed by atoms with Gasteiger partial charge in [-0.25, -0.2) is 0 Å². The summed E-state index contributed by atoms with van der Waals surface area (Å²) in [5, 5.41) is 3.75. The number of amides is 1. The first-order valence-corrected chi connectivity index (χ1v) is 10.6. The van der Waals surface area contributed by atoms with E-state index in [9.17, 15) is 4.79 Å². The highest BCUT2D eigenvalue weighted by molar-refractivity contribution is 8.00. The van der Waals surface area contributed by atoms with Crippen molar-refractivity contribution >= 4 is 29.3 Å². The molecule has 0 saturated carbocycles. The van der Waals surface area contributed by atoms with Crippen LogP contribution in [0.15, 0.2) is 53.4 Å². The second-order valence-electron chi connectivity index (χ2n) is 6.46. The fourth-order valence-electron chi connectivity index (χ4n) is 3.14. The molecular weight excluding hydrogens is 396 g/mol. The Hall–Kier alpha value is -1.73. The second-order valence-corrected chi connectivity index (χ2v) is 7.88. The molecule has 3 rings (SSSR count). The Balaban J connectivity index is 1.60. The normalized spacial score (nSPS) is 15.8. The summed E-state index contributed by atoms with van der Waals surface area (Å²) < 4.78 is 10.7. The van der Waals surface area contributed by atoms with Crippen molar-refractivity contribution in [1.82, 2.24) is 10.2 Å². The van der Waals surface area contributed by atoms with Crippen LogP contribution in [0.25, 0.3) is 0 Å². The molecule has 2 aromatic rings. The molecule has 1 saturated heterocycles. The fourth-order valence-corrected chi connectivity index (χ4v) is 4.21. The Bertz CT molecular complexity index is 767. The lowest BCUT2D eigenvalue weighted by atomic mass is 10.0. The average Bonchev–Trinajstić information content (AvgIpc) is 2.74. The van der Waals surface area contributed by atoms with E-state index in [1.165, 1.54) is 11.8 Å². The first kappa shape index (κ1) is 21.0. The van der Waals surface area contributed by atoms with Gasteiger partial charge in [-0.15, -0.1) is 11.8 Å². The summed E-state index contributed by atoms with van der Waals surface area (Å²) in [6.45, 7) is 3.67. The first-order chi connectivity index (χ1) is 13.7. The van der Waals surface area contributed by atoms with Crippen molar-refractivity contribution in [2.75, 3.05) is 45.7 Å². The zero-order valence-electron chi connectivity index (χ0n) is 15.9. The molecule has 150 valence electrons. The number of nitrogens with one attached hydrogen (secondary N) is 1. The Morgan fingerprint density at radius 3 is 2.61 bits per heavy atom. The standard InChI is InChI=1S/C21H25ClN2O3S/c1-26-17-8-6-16(7-9-17)19(24-10-12-27-13-11-24)14-23-21(25)15-28-20-5-3-2-4-18(20)22/h2-9,19H,10-15H2,1H3,(H,23,25). The van der Waals surface area contributed by atoms with Gasteiger partial charge in [-0.1, -0.05) is 35.9 Å². The van der Waals surface area contributed by atoms with E-state index in [1.807, 2.05) is 36.4 Å². The topological polar surface area (TPSA) is 50.8 Å². The maximum atomic E-state index is 12.4. The summed E-state index contributed by atoms with van der Waals surface area (Å²) in [7, 11) is 1.66. The van der Waals surface area contributed by atoms with E-state index >= 15 is 0 Å². The van der Waals surface area contributed by atoms with Crippen LogP contribution in [0.2, 0.25) is 5.02 Å². The first-order valence-electron chi connectivity index (χ1n) is 9.27.